The van der Waals surface area contributed by atoms with Crippen LogP contribution in [0.4, 0.5) is 10.1 Å². The number of halogens is 1. The highest BCUT2D eigenvalue weighted by Crippen LogP contribution is 2.42. The van der Waals surface area contributed by atoms with Crippen LogP contribution in [0.15, 0.2) is 89.2 Å². The second-order valence-electron chi connectivity index (χ2n) is 9.17. The number of aromatic nitrogens is 1. The van der Waals surface area contributed by atoms with Gasteiger partial charge in [-0.25, -0.2) is 9.18 Å². The fourth-order valence-corrected chi connectivity index (χ4v) is 5.11. The summed E-state index contributed by atoms with van der Waals surface area (Å²) in [5.41, 5.74) is 1.57. The Morgan fingerprint density at radius 2 is 1.68 bits per heavy atom. The third-order valence-corrected chi connectivity index (χ3v) is 6.97. The summed E-state index contributed by atoms with van der Waals surface area (Å²) in [7, 11) is 0. The van der Waals surface area contributed by atoms with E-state index in [0.717, 1.165) is 11.1 Å². The lowest BCUT2D eigenvalue weighted by Gasteiger charge is -2.41. The van der Waals surface area contributed by atoms with E-state index in [1.165, 1.54) is 12.1 Å². The Morgan fingerprint density at radius 1 is 1.05 bits per heavy atom. The standard InChI is InChI=1S/C29H29FN4O3/c1-2-37-28(35)27-26(24-19-23(30)13-14-25(24)31-27)32-33-34-17-15-22(16-18-34)29(36,20-9-5-3-6-10-20)21-11-7-4-8-12-21/h3-14,19,22,31,36H,2,15-18H2,1H3. The Kier molecular flexibility index (Phi) is 7.01. The van der Waals surface area contributed by atoms with E-state index in [1.54, 1.807) is 13.0 Å². The van der Waals surface area contributed by atoms with Crippen molar-refractivity contribution in [1.82, 2.24) is 9.99 Å². The lowest BCUT2D eigenvalue weighted by atomic mass is 9.72. The van der Waals surface area contributed by atoms with Gasteiger partial charge in [-0.3, -0.25) is 5.01 Å². The van der Waals surface area contributed by atoms with Gasteiger partial charge in [0.25, 0.3) is 0 Å². The van der Waals surface area contributed by atoms with Crippen LogP contribution >= 0.6 is 0 Å². The summed E-state index contributed by atoms with van der Waals surface area (Å²) in [6.45, 7) is 3.07. The highest BCUT2D eigenvalue weighted by Gasteiger charge is 2.41. The topological polar surface area (TPSA) is 90.3 Å². The number of hydrogen-bond donors (Lipinski definition) is 2. The predicted molar refractivity (Wildman–Crippen MR) is 139 cm³/mol. The van der Waals surface area contributed by atoms with Crippen LogP contribution in [-0.4, -0.2) is 40.8 Å². The average Bonchev–Trinajstić information content (AvgIpc) is 3.30. The van der Waals surface area contributed by atoms with E-state index in [9.17, 15) is 14.3 Å². The van der Waals surface area contributed by atoms with E-state index >= 15 is 0 Å². The number of hydrogen-bond acceptors (Lipinski definition) is 5. The van der Waals surface area contributed by atoms with Crippen molar-refractivity contribution in [2.75, 3.05) is 19.7 Å². The molecule has 0 unspecified atom stereocenters. The maximum absolute atomic E-state index is 14.0. The molecule has 0 saturated carbocycles. The van der Waals surface area contributed by atoms with E-state index < -0.39 is 17.4 Å². The molecule has 0 atom stereocenters. The molecule has 3 aromatic carbocycles. The molecule has 7 nitrogen and oxygen atoms in total. The number of carbonyl (C=O) groups excluding carboxylic acids is 1. The third-order valence-electron chi connectivity index (χ3n) is 6.97. The Balaban J connectivity index is 1.38. The molecule has 190 valence electrons. The van der Waals surface area contributed by atoms with Gasteiger partial charge in [-0.05, 0) is 55.0 Å². The van der Waals surface area contributed by atoms with Crippen LogP contribution < -0.4 is 0 Å². The van der Waals surface area contributed by atoms with E-state index in [4.69, 9.17) is 4.74 Å². The molecular weight excluding hydrogens is 471 g/mol. The van der Waals surface area contributed by atoms with E-state index in [2.05, 4.69) is 15.3 Å². The van der Waals surface area contributed by atoms with Gasteiger partial charge in [0, 0.05) is 24.0 Å². The summed E-state index contributed by atoms with van der Waals surface area (Å²) < 4.78 is 19.1. The first kappa shape index (κ1) is 24.6. The lowest BCUT2D eigenvalue weighted by Crippen LogP contribution is -2.42. The number of H-pyrrole nitrogens is 1. The fourth-order valence-electron chi connectivity index (χ4n) is 5.11. The molecule has 1 saturated heterocycles. The Bertz CT molecular complexity index is 1360. The zero-order chi connectivity index (χ0) is 25.8. The molecule has 5 rings (SSSR count). The van der Waals surface area contributed by atoms with Gasteiger partial charge in [0.1, 0.15) is 17.1 Å². The van der Waals surface area contributed by atoms with E-state index in [0.29, 0.717) is 36.8 Å². The van der Waals surface area contributed by atoms with Crippen molar-refractivity contribution in [2.24, 2.45) is 16.3 Å². The number of carbonyl (C=O) groups is 1. The van der Waals surface area contributed by atoms with Crippen molar-refractivity contribution in [1.29, 1.82) is 0 Å². The zero-order valence-electron chi connectivity index (χ0n) is 20.6. The van der Waals surface area contributed by atoms with Crippen molar-refractivity contribution in [2.45, 2.75) is 25.4 Å². The van der Waals surface area contributed by atoms with Crippen molar-refractivity contribution in [3.63, 3.8) is 0 Å². The van der Waals surface area contributed by atoms with Crippen LogP contribution in [0.2, 0.25) is 0 Å². The number of fused-ring (bicyclic) bond motifs is 1. The minimum absolute atomic E-state index is 0.0268. The highest BCUT2D eigenvalue weighted by atomic mass is 19.1. The molecule has 0 spiro atoms. The van der Waals surface area contributed by atoms with Gasteiger partial charge < -0.3 is 14.8 Å². The summed E-state index contributed by atoms with van der Waals surface area (Å²) >= 11 is 0. The van der Waals surface area contributed by atoms with Crippen LogP contribution in [0.5, 0.6) is 0 Å². The summed E-state index contributed by atoms with van der Waals surface area (Å²) in [5.74, 6) is -1.02. The summed E-state index contributed by atoms with van der Waals surface area (Å²) in [6, 6.07) is 23.7. The molecule has 1 aliphatic heterocycles. The SMILES string of the molecule is CCOC(=O)c1[nH]c2ccc(F)cc2c1N=NN1CCC(C(O)(c2ccccc2)c2ccccc2)CC1. The molecule has 0 amide bonds. The van der Waals surface area contributed by atoms with Gasteiger partial charge in [0.05, 0.1) is 6.61 Å². The van der Waals surface area contributed by atoms with Gasteiger partial charge >= 0.3 is 5.97 Å². The minimum atomic E-state index is -1.13. The summed E-state index contributed by atoms with van der Waals surface area (Å²) in [6.07, 6.45) is 1.37. The summed E-state index contributed by atoms with van der Waals surface area (Å²) in [5, 5.41) is 23.1. The first-order valence-corrected chi connectivity index (χ1v) is 12.5. The second-order valence-corrected chi connectivity index (χ2v) is 9.17. The fraction of sp³-hybridized carbons (Fsp3) is 0.276. The number of aromatic amines is 1. The predicted octanol–water partition coefficient (Wildman–Crippen LogP) is 6.13. The van der Waals surface area contributed by atoms with E-state index in [1.807, 2.05) is 65.7 Å². The number of nitrogens with one attached hydrogen (secondary N) is 1. The first-order valence-electron chi connectivity index (χ1n) is 12.5. The first-order chi connectivity index (χ1) is 18.0. The van der Waals surface area contributed by atoms with Crippen molar-refractivity contribution in [3.05, 3.63) is 102 Å². The van der Waals surface area contributed by atoms with Crippen molar-refractivity contribution >= 4 is 22.6 Å². The van der Waals surface area contributed by atoms with Crippen LogP contribution in [-0.2, 0) is 10.3 Å². The number of piperidine rings is 1. The van der Waals surface area contributed by atoms with Crippen LogP contribution in [0.3, 0.4) is 0 Å². The number of nitrogens with zero attached hydrogens (tertiary/aromatic N) is 3. The average molecular weight is 501 g/mol. The minimum Gasteiger partial charge on any atom is -0.461 e. The molecule has 2 heterocycles. The maximum Gasteiger partial charge on any atom is 0.357 e. The second kappa shape index (κ2) is 10.5. The number of esters is 1. The van der Waals surface area contributed by atoms with Crippen LogP contribution in [0.25, 0.3) is 10.9 Å². The lowest BCUT2D eigenvalue weighted by molar-refractivity contribution is -0.0149. The number of aliphatic hydroxyl groups is 1. The normalized spacial score (nSPS) is 14.9. The molecule has 0 bridgehead atoms. The van der Waals surface area contributed by atoms with Crippen molar-refractivity contribution in [3.8, 4) is 0 Å². The molecule has 0 aliphatic carbocycles. The highest BCUT2D eigenvalue weighted by molar-refractivity contribution is 6.04. The smallest absolute Gasteiger partial charge is 0.357 e. The number of rotatable bonds is 7. The molecule has 1 aliphatic rings. The maximum atomic E-state index is 14.0. The molecule has 2 N–H and O–H groups in total. The molecule has 4 aromatic rings. The molecule has 1 fully saturated rings. The van der Waals surface area contributed by atoms with Gasteiger partial charge in [0.15, 0.2) is 5.69 Å². The van der Waals surface area contributed by atoms with Gasteiger partial charge in [-0.1, -0.05) is 65.9 Å². The van der Waals surface area contributed by atoms with E-state index in [-0.39, 0.29) is 23.9 Å². The Hall–Kier alpha value is -4.04. The Morgan fingerprint density at radius 3 is 2.27 bits per heavy atom. The largest absolute Gasteiger partial charge is 0.461 e. The number of benzene rings is 3. The van der Waals surface area contributed by atoms with Gasteiger partial charge in [-0.15, -0.1) is 5.11 Å². The van der Waals surface area contributed by atoms with Crippen LogP contribution in [0, 0.1) is 11.7 Å². The molecular formula is C29H29FN4O3. The molecule has 37 heavy (non-hydrogen) atoms. The van der Waals surface area contributed by atoms with Gasteiger partial charge in [0.2, 0.25) is 0 Å². The molecule has 8 heteroatoms. The van der Waals surface area contributed by atoms with Gasteiger partial charge in [-0.2, -0.15) is 0 Å². The molecule has 1 aromatic heterocycles. The zero-order valence-corrected chi connectivity index (χ0v) is 20.6. The Labute approximate surface area is 214 Å². The van der Waals surface area contributed by atoms with Crippen molar-refractivity contribution < 1.29 is 19.0 Å². The number of ether oxygens (including phenoxy) is 1. The third kappa shape index (κ3) is 4.84. The van der Waals surface area contributed by atoms with Crippen LogP contribution in [0.1, 0.15) is 41.4 Å². The monoisotopic (exact) mass is 500 g/mol. The summed E-state index contributed by atoms with van der Waals surface area (Å²) in [4.78, 5) is 15.5. The quantitative estimate of drug-likeness (QED) is 0.236. The molecule has 0 radical (unpaired) electrons.